The highest BCUT2D eigenvalue weighted by Gasteiger charge is 2.29. The molecule has 0 aliphatic heterocycles. The molecule has 0 spiro atoms. The van der Waals surface area contributed by atoms with Crippen molar-refractivity contribution in [3.8, 4) is 11.1 Å². The molecule has 0 saturated carbocycles. The summed E-state index contributed by atoms with van der Waals surface area (Å²) in [5, 5.41) is 9.54. The predicted molar refractivity (Wildman–Crippen MR) is 246 cm³/mol. The third kappa shape index (κ3) is 6.04. The van der Waals surface area contributed by atoms with Gasteiger partial charge in [0.25, 0.3) is 0 Å². The van der Waals surface area contributed by atoms with Gasteiger partial charge in [0.15, 0.2) is 0 Å². The molecule has 0 bridgehead atoms. The third-order valence-electron chi connectivity index (χ3n) is 12.3. The Morgan fingerprint density at radius 1 is 0.643 bits per heavy atom. The van der Waals surface area contributed by atoms with Crippen molar-refractivity contribution in [2.45, 2.75) is 44.9 Å². The van der Waals surface area contributed by atoms with Gasteiger partial charge in [-0.1, -0.05) is 129 Å². The van der Waals surface area contributed by atoms with Crippen LogP contribution in [0.5, 0.6) is 0 Å². The lowest BCUT2D eigenvalue weighted by atomic mass is 9.74. The molecular formula is C54H42S2. The fourth-order valence-corrected chi connectivity index (χ4v) is 11.8. The average molecular weight is 755 g/mol. The summed E-state index contributed by atoms with van der Waals surface area (Å²) in [6.45, 7) is 2.29. The highest BCUT2D eigenvalue weighted by Crippen LogP contribution is 2.47. The van der Waals surface area contributed by atoms with Gasteiger partial charge in [0, 0.05) is 35.7 Å². The van der Waals surface area contributed by atoms with Crippen LogP contribution in [0.25, 0.3) is 75.1 Å². The molecule has 56 heavy (non-hydrogen) atoms. The predicted octanol–water partition coefficient (Wildman–Crippen LogP) is 15.8. The van der Waals surface area contributed by atoms with Crippen LogP contribution < -0.4 is 0 Å². The lowest BCUT2D eigenvalue weighted by Crippen LogP contribution is -2.17. The zero-order valence-electron chi connectivity index (χ0n) is 31.6. The molecule has 0 N–H and O–H groups in total. The first kappa shape index (κ1) is 33.8. The minimum atomic E-state index is 0.415. The lowest BCUT2D eigenvalue weighted by Gasteiger charge is -2.30. The average Bonchev–Trinajstić information content (AvgIpc) is 3.76. The van der Waals surface area contributed by atoms with Crippen LogP contribution in [0.2, 0.25) is 0 Å². The van der Waals surface area contributed by atoms with Gasteiger partial charge in [-0.2, -0.15) is 0 Å². The molecule has 2 atom stereocenters. The highest BCUT2D eigenvalue weighted by atomic mass is 32.1. The molecule has 0 saturated heterocycles. The van der Waals surface area contributed by atoms with Crippen LogP contribution >= 0.6 is 22.7 Å². The van der Waals surface area contributed by atoms with Crippen molar-refractivity contribution >= 4 is 86.6 Å². The number of thiophene rings is 2. The van der Waals surface area contributed by atoms with Crippen LogP contribution in [0.4, 0.5) is 0 Å². The van der Waals surface area contributed by atoms with E-state index in [1.807, 2.05) is 22.7 Å². The second-order valence-corrected chi connectivity index (χ2v) is 18.1. The topological polar surface area (TPSA) is 0 Å². The highest BCUT2D eigenvalue weighted by molar-refractivity contribution is 7.26. The maximum Gasteiger partial charge on any atom is 0.0361 e. The fraction of sp³-hybridized carbons (Fsp3) is 0.148. The summed E-state index contributed by atoms with van der Waals surface area (Å²) in [4.78, 5) is 1.45. The van der Waals surface area contributed by atoms with Crippen LogP contribution in [0.15, 0.2) is 157 Å². The Hall–Kier alpha value is -5.54. The van der Waals surface area contributed by atoms with Crippen LogP contribution in [-0.2, 0) is 19.3 Å². The number of rotatable bonds is 7. The van der Waals surface area contributed by atoms with Crippen molar-refractivity contribution < 1.29 is 0 Å². The molecule has 270 valence electrons. The number of hydrogen-bond acceptors (Lipinski definition) is 2. The molecule has 2 aliphatic rings. The molecule has 2 aromatic heterocycles. The van der Waals surface area contributed by atoms with Gasteiger partial charge in [-0.05, 0) is 152 Å². The Bertz CT molecular complexity index is 3060. The molecule has 2 heterocycles. The van der Waals surface area contributed by atoms with Crippen molar-refractivity contribution in [2.75, 3.05) is 0 Å². The second-order valence-electron chi connectivity index (χ2n) is 15.9. The Morgan fingerprint density at radius 2 is 1.38 bits per heavy atom. The Balaban J connectivity index is 0.890. The molecule has 0 fully saturated rings. The molecule has 2 unspecified atom stereocenters. The number of hydrogen-bond donors (Lipinski definition) is 0. The maximum atomic E-state index is 2.50. The number of allylic oxidation sites excluding steroid dienone is 4. The monoisotopic (exact) mass is 754 g/mol. The van der Waals surface area contributed by atoms with Crippen molar-refractivity contribution in [2.24, 2.45) is 5.92 Å². The second kappa shape index (κ2) is 13.9. The minimum Gasteiger partial charge on any atom is -0.136 e. The smallest absolute Gasteiger partial charge is 0.0361 e. The van der Waals surface area contributed by atoms with E-state index in [1.54, 1.807) is 5.56 Å². The van der Waals surface area contributed by atoms with Gasteiger partial charge in [0.1, 0.15) is 0 Å². The van der Waals surface area contributed by atoms with Crippen LogP contribution in [0.1, 0.15) is 58.4 Å². The first-order chi connectivity index (χ1) is 27.6. The van der Waals surface area contributed by atoms with E-state index in [2.05, 4.69) is 171 Å². The van der Waals surface area contributed by atoms with E-state index >= 15 is 0 Å². The Morgan fingerprint density at radius 3 is 2.25 bits per heavy atom. The molecule has 2 heteroatoms. The Kier molecular flexibility index (Phi) is 8.37. The van der Waals surface area contributed by atoms with Crippen molar-refractivity contribution in [1.29, 1.82) is 0 Å². The SMILES string of the molecule is CCCc1cc2sc3cc4ccc(C5C=CC6=Cc7sc8cc9cc(-c%10ccccc%10)ccc9cc8c7CC6C5)cc4cc3c2cc1/C=C\Cc1ccccc1. The van der Waals surface area contributed by atoms with E-state index in [0.29, 0.717) is 11.8 Å². The fourth-order valence-electron chi connectivity index (χ4n) is 9.39. The number of fused-ring (bicyclic) bond motifs is 9. The molecule has 11 rings (SSSR count). The summed E-state index contributed by atoms with van der Waals surface area (Å²) < 4.78 is 4.18. The molecule has 0 radical (unpaired) electrons. The van der Waals surface area contributed by atoms with Gasteiger partial charge in [-0.3, -0.25) is 0 Å². The molecule has 0 nitrogen and oxygen atoms in total. The lowest BCUT2D eigenvalue weighted by molar-refractivity contribution is 0.520. The van der Waals surface area contributed by atoms with Gasteiger partial charge in [-0.25, -0.2) is 0 Å². The summed E-state index contributed by atoms with van der Waals surface area (Å²) in [6.07, 6.45) is 17.6. The van der Waals surface area contributed by atoms with E-state index in [0.717, 1.165) is 32.1 Å². The molecule has 9 aromatic rings. The summed E-state index contributed by atoms with van der Waals surface area (Å²) in [5.41, 5.74) is 11.2. The molecule has 0 amide bonds. The van der Waals surface area contributed by atoms with E-state index in [-0.39, 0.29) is 0 Å². The van der Waals surface area contributed by atoms with Crippen LogP contribution in [-0.4, -0.2) is 0 Å². The quantitative estimate of drug-likeness (QED) is 0.152. The van der Waals surface area contributed by atoms with Crippen molar-refractivity contribution in [3.05, 3.63) is 190 Å². The van der Waals surface area contributed by atoms with Crippen LogP contribution in [0, 0.1) is 5.92 Å². The van der Waals surface area contributed by atoms with Crippen molar-refractivity contribution in [1.82, 2.24) is 0 Å². The zero-order chi connectivity index (χ0) is 37.2. The van der Waals surface area contributed by atoms with Gasteiger partial charge in [-0.15, -0.1) is 22.7 Å². The Labute approximate surface area is 336 Å². The molecule has 7 aromatic carbocycles. The normalized spacial score (nSPS) is 16.7. The standard InChI is InChI=1S/C54H42S2/c1-2-10-36-30-51-47(26-37(36)16-9-13-34-11-5-3-6-12-34)49-28-44-24-39(18-21-42(44)31-52(49)55-51)40-19-22-43-32-53-50(29-45(43)25-40)48-27-41-20-17-38(35-14-7-4-8-15-35)23-46(41)33-54(48)56-53/h3-9,11-12,14-24,26-28,30-33,40,45H,2,10,13,25,29H2,1H3/b16-9-. The minimum absolute atomic E-state index is 0.415. The summed E-state index contributed by atoms with van der Waals surface area (Å²) in [7, 11) is 0. The molecular weight excluding hydrogens is 713 g/mol. The summed E-state index contributed by atoms with van der Waals surface area (Å²) in [5.74, 6) is 0.953. The third-order valence-corrected chi connectivity index (χ3v) is 14.6. The summed E-state index contributed by atoms with van der Waals surface area (Å²) >= 11 is 3.91. The van der Waals surface area contributed by atoms with E-state index in [9.17, 15) is 0 Å². The first-order valence-corrected chi connectivity index (χ1v) is 21.8. The largest absolute Gasteiger partial charge is 0.136 e. The van der Waals surface area contributed by atoms with E-state index in [4.69, 9.17) is 0 Å². The molecule has 2 aliphatic carbocycles. The number of benzene rings is 7. The summed E-state index contributed by atoms with van der Waals surface area (Å²) in [6, 6.07) is 50.4. The zero-order valence-corrected chi connectivity index (χ0v) is 33.2. The van der Waals surface area contributed by atoms with Gasteiger partial charge >= 0.3 is 0 Å². The van der Waals surface area contributed by atoms with E-state index in [1.165, 1.54) is 95.6 Å². The maximum absolute atomic E-state index is 2.50. The van der Waals surface area contributed by atoms with Gasteiger partial charge in [0.05, 0.1) is 0 Å². The van der Waals surface area contributed by atoms with Gasteiger partial charge in [0.2, 0.25) is 0 Å². The first-order valence-electron chi connectivity index (χ1n) is 20.2. The van der Waals surface area contributed by atoms with Crippen LogP contribution in [0.3, 0.4) is 0 Å². The number of aryl methyl sites for hydroxylation is 1. The van der Waals surface area contributed by atoms with Gasteiger partial charge < -0.3 is 0 Å². The van der Waals surface area contributed by atoms with Crippen molar-refractivity contribution in [3.63, 3.8) is 0 Å². The van der Waals surface area contributed by atoms with E-state index < -0.39 is 0 Å².